The molecule has 0 amide bonds. The molecule has 3 unspecified atom stereocenters. The zero-order valence-electron chi connectivity index (χ0n) is 8.65. The van der Waals surface area contributed by atoms with Crippen LogP contribution in [0.25, 0.3) is 0 Å². The summed E-state index contributed by atoms with van der Waals surface area (Å²) in [5.74, 6) is -0.578. The molecule has 14 heavy (non-hydrogen) atoms. The molecule has 0 aromatic rings. The van der Waals surface area contributed by atoms with Crippen molar-refractivity contribution in [2.75, 3.05) is 20.8 Å². The summed E-state index contributed by atoms with van der Waals surface area (Å²) in [7, 11) is 2.69. The first-order chi connectivity index (χ1) is 6.65. The number of hydrogen-bond donors (Lipinski definition) is 0. The molecular formula is C9H15NO4. The van der Waals surface area contributed by atoms with Gasteiger partial charge in [-0.15, -0.1) is 0 Å². The minimum absolute atomic E-state index is 0.260. The van der Waals surface area contributed by atoms with E-state index in [4.69, 9.17) is 0 Å². The van der Waals surface area contributed by atoms with Gasteiger partial charge in [0.05, 0.1) is 14.2 Å². The summed E-state index contributed by atoms with van der Waals surface area (Å²) in [6, 6.07) is -0.576. The number of carbonyl (C=O) groups excluding carboxylic acids is 2. The maximum Gasteiger partial charge on any atom is 0.324 e. The molecule has 80 valence electrons. The molecule has 0 aromatic heterocycles. The maximum atomic E-state index is 11.3. The van der Waals surface area contributed by atoms with Crippen LogP contribution < -0.4 is 0 Å². The third-order valence-corrected chi connectivity index (χ3v) is 2.38. The Kier molecular flexibility index (Phi) is 3.46. The lowest BCUT2D eigenvalue weighted by Crippen LogP contribution is -2.32. The van der Waals surface area contributed by atoms with Crippen molar-refractivity contribution in [1.82, 2.24) is 4.90 Å². The van der Waals surface area contributed by atoms with Crippen molar-refractivity contribution in [3.63, 3.8) is 0 Å². The summed E-state index contributed by atoms with van der Waals surface area (Å²) in [6.07, 6.45) is 0.639. The van der Waals surface area contributed by atoms with E-state index in [1.165, 1.54) is 14.2 Å². The topological polar surface area (TPSA) is 55.6 Å². The fraction of sp³-hybridized carbons (Fsp3) is 0.778. The van der Waals surface area contributed by atoms with E-state index in [2.05, 4.69) is 9.47 Å². The Hall–Kier alpha value is -1.10. The van der Waals surface area contributed by atoms with E-state index in [-0.39, 0.29) is 24.0 Å². The van der Waals surface area contributed by atoms with Crippen LogP contribution in [0.2, 0.25) is 0 Å². The van der Waals surface area contributed by atoms with Crippen LogP contribution in [0.5, 0.6) is 0 Å². The fourth-order valence-corrected chi connectivity index (χ4v) is 1.52. The Morgan fingerprint density at radius 2 is 2.07 bits per heavy atom. The minimum atomic E-state index is -0.316. The van der Waals surface area contributed by atoms with Gasteiger partial charge in [0, 0.05) is 6.54 Å². The summed E-state index contributed by atoms with van der Waals surface area (Å²) in [6.45, 7) is 2.47. The molecule has 0 radical (unpaired) electrons. The first kappa shape index (κ1) is 11.0. The van der Waals surface area contributed by atoms with Crippen LogP contribution in [0.1, 0.15) is 13.3 Å². The molecule has 0 aliphatic carbocycles. The predicted molar refractivity (Wildman–Crippen MR) is 48.6 cm³/mol. The molecule has 1 aliphatic rings. The van der Waals surface area contributed by atoms with Crippen molar-refractivity contribution in [3.05, 3.63) is 0 Å². The third-order valence-electron chi connectivity index (χ3n) is 2.38. The van der Waals surface area contributed by atoms with E-state index in [9.17, 15) is 9.59 Å². The molecule has 0 spiro atoms. The van der Waals surface area contributed by atoms with Crippen LogP contribution in [-0.2, 0) is 19.1 Å². The first-order valence-electron chi connectivity index (χ1n) is 4.57. The Balaban J connectivity index is 2.50. The van der Waals surface area contributed by atoms with Gasteiger partial charge in [-0.1, -0.05) is 6.92 Å². The van der Waals surface area contributed by atoms with Gasteiger partial charge in [0.1, 0.15) is 12.1 Å². The highest BCUT2D eigenvalue weighted by atomic mass is 16.5. The van der Waals surface area contributed by atoms with Crippen LogP contribution in [0, 0.1) is 0 Å². The molecule has 1 heterocycles. The smallest absolute Gasteiger partial charge is 0.324 e. The monoisotopic (exact) mass is 201 g/mol. The van der Waals surface area contributed by atoms with E-state index in [0.717, 1.165) is 0 Å². The maximum absolute atomic E-state index is 11.3. The SMILES string of the molecule is CCC(C(=O)OC)N1CC1C(=O)OC. The van der Waals surface area contributed by atoms with Crippen molar-refractivity contribution < 1.29 is 19.1 Å². The van der Waals surface area contributed by atoms with Crippen LogP contribution in [0.3, 0.4) is 0 Å². The van der Waals surface area contributed by atoms with Crippen molar-refractivity contribution >= 4 is 11.9 Å². The summed E-state index contributed by atoms with van der Waals surface area (Å²) in [5, 5.41) is 0. The zero-order valence-corrected chi connectivity index (χ0v) is 8.65. The normalized spacial score (nSPS) is 26.5. The molecule has 0 bridgehead atoms. The van der Waals surface area contributed by atoms with Crippen LogP contribution >= 0.6 is 0 Å². The minimum Gasteiger partial charge on any atom is -0.468 e. The summed E-state index contributed by atoms with van der Waals surface area (Å²) in [5.41, 5.74) is 0. The lowest BCUT2D eigenvalue weighted by Gasteiger charge is -2.13. The second-order valence-corrected chi connectivity index (χ2v) is 3.18. The number of ether oxygens (including phenoxy) is 2. The summed E-state index contributed by atoms with van der Waals surface area (Å²) >= 11 is 0. The van der Waals surface area contributed by atoms with E-state index in [0.29, 0.717) is 13.0 Å². The highest BCUT2D eigenvalue weighted by Crippen LogP contribution is 2.24. The van der Waals surface area contributed by atoms with Crippen LogP contribution in [-0.4, -0.2) is 49.7 Å². The van der Waals surface area contributed by atoms with Gasteiger partial charge in [-0.2, -0.15) is 0 Å². The number of carbonyl (C=O) groups is 2. The van der Waals surface area contributed by atoms with E-state index in [1.54, 1.807) is 4.90 Å². The number of rotatable bonds is 4. The standard InChI is InChI=1S/C9H15NO4/c1-4-6(8(11)13-2)10-5-7(10)9(12)14-3/h6-7H,4-5H2,1-3H3. The molecule has 0 N–H and O–H groups in total. The van der Waals surface area contributed by atoms with Gasteiger partial charge >= 0.3 is 11.9 Å². The molecule has 0 aromatic carbocycles. The Bertz CT molecular complexity index is 241. The predicted octanol–water partition coefficient (Wildman–Crippen LogP) is -0.205. The van der Waals surface area contributed by atoms with Crippen molar-refractivity contribution in [3.8, 4) is 0 Å². The average molecular weight is 201 g/mol. The molecule has 3 atom stereocenters. The summed E-state index contributed by atoms with van der Waals surface area (Å²) < 4.78 is 9.21. The highest BCUT2D eigenvalue weighted by molar-refractivity contribution is 5.82. The second-order valence-electron chi connectivity index (χ2n) is 3.18. The molecule has 1 aliphatic heterocycles. The summed E-state index contributed by atoms with van der Waals surface area (Å²) in [4.78, 5) is 24.1. The van der Waals surface area contributed by atoms with Gasteiger partial charge in [0.15, 0.2) is 0 Å². The molecule has 5 heteroatoms. The second kappa shape index (κ2) is 4.41. The third kappa shape index (κ3) is 2.04. The highest BCUT2D eigenvalue weighted by Gasteiger charge is 2.47. The largest absolute Gasteiger partial charge is 0.468 e. The molecular weight excluding hydrogens is 186 g/mol. The Morgan fingerprint density at radius 1 is 1.43 bits per heavy atom. The van der Waals surface area contributed by atoms with E-state index in [1.807, 2.05) is 6.92 Å². The molecule has 1 saturated heterocycles. The fourth-order valence-electron chi connectivity index (χ4n) is 1.52. The molecule has 1 rings (SSSR count). The Labute approximate surface area is 83.0 Å². The van der Waals surface area contributed by atoms with E-state index < -0.39 is 0 Å². The number of esters is 2. The van der Waals surface area contributed by atoms with Crippen molar-refractivity contribution in [2.24, 2.45) is 0 Å². The molecule has 5 nitrogen and oxygen atoms in total. The average Bonchev–Trinajstić information content (AvgIpc) is 2.97. The van der Waals surface area contributed by atoms with Gasteiger partial charge in [0.2, 0.25) is 0 Å². The van der Waals surface area contributed by atoms with Gasteiger partial charge in [-0.05, 0) is 6.42 Å². The first-order valence-corrected chi connectivity index (χ1v) is 4.57. The van der Waals surface area contributed by atoms with Crippen LogP contribution in [0.4, 0.5) is 0 Å². The number of nitrogens with zero attached hydrogens (tertiary/aromatic N) is 1. The van der Waals surface area contributed by atoms with Gasteiger partial charge < -0.3 is 9.47 Å². The molecule has 1 fully saturated rings. The van der Waals surface area contributed by atoms with Gasteiger partial charge in [0.25, 0.3) is 0 Å². The lowest BCUT2D eigenvalue weighted by atomic mass is 10.2. The number of hydrogen-bond acceptors (Lipinski definition) is 5. The van der Waals surface area contributed by atoms with Crippen molar-refractivity contribution in [2.45, 2.75) is 25.4 Å². The van der Waals surface area contributed by atoms with Gasteiger partial charge in [-0.3, -0.25) is 14.5 Å². The zero-order chi connectivity index (χ0) is 10.7. The molecule has 0 saturated carbocycles. The van der Waals surface area contributed by atoms with Crippen molar-refractivity contribution in [1.29, 1.82) is 0 Å². The van der Waals surface area contributed by atoms with Crippen LogP contribution in [0.15, 0.2) is 0 Å². The lowest BCUT2D eigenvalue weighted by molar-refractivity contribution is -0.146. The van der Waals surface area contributed by atoms with E-state index >= 15 is 0 Å². The Morgan fingerprint density at radius 3 is 2.50 bits per heavy atom. The quantitative estimate of drug-likeness (QED) is 0.465. The van der Waals surface area contributed by atoms with Gasteiger partial charge in [-0.25, -0.2) is 0 Å². The number of methoxy groups -OCH3 is 2.